The highest BCUT2D eigenvalue weighted by Crippen LogP contribution is 2.33. The molecular formula is C48H44N2. The van der Waals surface area contributed by atoms with Gasteiger partial charge in [-0.15, -0.1) is 0 Å². The standard InChI is InChI=1S/C18H15N.C14H15N.C10H8.C6H6/c1-4-10-16(11-5-1)19(17-12-6-2-7-13-17)18-14-8-3-9-15-18;1-2-15(13-9-5-3-6-10-13)14-11-7-4-8-12-14;1-2-6-10-8-4-3-7-9(10)5-1;1-2-4-6-5-3-1/h1-15H;3-12H,2H2,1H3;1-8H;1-6H. The fourth-order valence-electron chi connectivity index (χ4n) is 5.43. The fourth-order valence-corrected chi connectivity index (χ4v) is 5.43. The summed E-state index contributed by atoms with van der Waals surface area (Å²) in [6.07, 6.45) is 0. The molecule has 2 nitrogen and oxygen atoms in total. The molecule has 8 rings (SSSR count). The normalized spacial score (nSPS) is 9.78. The third-order valence-corrected chi connectivity index (χ3v) is 7.82. The predicted octanol–water partition coefficient (Wildman–Crippen LogP) is 13.5. The third kappa shape index (κ3) is 10.8. The second-order valence-corrected chi connectivity index (χ2v) is 11.3. The molecule has 0 aromatic heterocycles. The Bertz CT molecular complexity index is 1790. The SMILES string of the molecule is CCN(c1ccccc1)c1ccccc1.c1ccc(N(c2ccccc2)c2ccccc2)cc1.c1ccc2ccccc2c1.c1ccccc1. The van der Waals surface area contributed by atoms with Crippen molar-refractivity contribution in [1.82, 2.24) is 0 Å². The first-order chi connectivity index (χ1) is 24.8. The van der Waals surface area contributed by atoms with Gasteiger partial charge in [0, 0.05) is 35.0 Å². The second-order valence-electron chi connectivity index (χ2n) is 11.3. The highest BCUT2D eigenvalue weighted by atomic mass is 15.1. The number of hydrogen-bond acceptors (Lipinski definition) is 2. The van der Waals surface area contributed by atoms with E-state index in [2.05, 4.69) is 187 Å². The maximum Gasteiger partial charge on any atom is 0.0461 e. The summed E-state index contributed by atoms with van der Waals surface area (Å²) < 4.78 is 0. The van der Waals surface area contributed by atoms with Crippen molar-refractivity contribution < 1.29 is 0 Å². The Balaban J connectivity index is 0.000000139. The van der Waals surface area contributed by atoms with Crippen LogP contribution in [0.2, 0.25) is 0 Å². The van der Waals surface area contributed by atoms with Gasteiger partial charge >= 0.3 is 0 Å². The van der Waals surface area contributed by atoms with Gasteiger partial charge < -0.3 is 9.80 Å². The monoisotopic (exact) mass is 648 g/mol. The number of fused-ring (bicyclic) bond motifs is 1. The molecule has 0 aliphatic heterocycles. The average molecular weight is 649 g/mol. The molecule has 0 aliphatic rings. The largest absolute Gasteiger partial charge is 0.342 e. The van der Waals surface area contributed by atoms with E-state index in [0.29, 0.717) is 0 Å². The Morgan fingerprint density at radius 2 is 0.460 bits per heavy atom. The van der Waals surface area contributed by atoms with Gasteiger partial charge in [0.05, 0.1) is 0 Å². The van der Waals surface area contributed by atoms with Crippen LogP contribution in [0.1, 0.15) is 6.92 Å². The van der Waals surface area contributed by atoms with Gasteiger partial charge in [-0.2, -0.15) is 0 Å². The van der Waals surface area contributed by atoms with Crippen LogP contribution in [-0.4, -0.2) is 6.54 Å². The van der Waals surface area contributed by atoms with E-state index in [-0.39, 0.29) is 0 Å². The Labute approximate surface area is 298 Å². The molecule has 0 heterocycles. The molecular weight excluding hydrogens is 605 g/mol. The van der Waals surface area contributed by atoms with Crippen molar-refractivity contribution >= 4 is 39.2 Å². The van der Waals surface area contributed by atoms with Gasteiger partial charge in [0.15, 0.2) is 0 Å². The molecule has 2 heteroatoms. The number of rotatable bonds is 6. The molecule has 8 aromatic carbocycles. The Morgan fingerprint density at radius 1 is 0.260 bits per heavy atom. The van der Waals surface area contributed by atoms with Crippen molar-refractivity contribution in [3.05, 3.63) is 237 Å². The summed E-state index contributed by atoms with van der Waals surface area (Å²) in [7, 11) is 0. The summed E-state index contributed by atoms with van der Waals surface area (Å²) >= 11 is 0. The summed E-state index contributed by atoms with van der Waals surface area (Å²) in [5.41, 5.74) is 5.98. The van der Waals surface area contributed by atoms with Gasteiger partial charge in [-0.05, 0) is 78.4 Å². The quantitative estimate of drug-likeness (QED) is 0.177. The molecule has 246 valence electrons. The summed E-state index contributed by atoms with van der Waals surface area (Å²) in [5.74, 6) is 0. The zero-order valence-electron chi connectivity index (χ0n) is 28.6. The average Bonchev–Trinajstić information content (AvgIpc) is 3.22. The van der Waals surface area contributed by atoms with Crippen LogP contribution in [0.15, 0.2) is 237 Å². The molecule has 0 fully saturated rings. The smallest absolute Gasteiger partial charge is 0.0461 e. The van der Waals surface area contributed by atoms with E-state index in [9.17, 15) is 0 Å². The molecule has 0 aliphatic carbocycles. The summed E-state index contributed by atoms with van der Waals surface area (Å²) in [6, 6.07) is 80.9. The molecule has 8 aromatic rings. The summed E-state index contributed by atoms with van der Waals surface area (Å²) in [5, 5.41) is 2.62. The van der Waals surface area contributed by atoms with Crippen LogP contribution in [0.3, 0.4) is 0 Å². The zero-order chi connectivity index (χ0) is 34.5. The number of para-hydroxylation sites is 5. The van der Waals surface area contributed by atoms with Crippen molar-refractivity contribution in [3.8, 4) is 0 Å². The highest BCUT2D eigenvalue weighted by Gasteiger charge is 2.10. The van der Waals surface area contributed by atoms with E-state index in [0.717, 1.165) is 6.54 Å². The minimum atomic E-state index is 0.980. The number of nitrogens with zero attached hydrogens (tertiary/aromatic N) is 2. The van der Waals surface area contributed by atoms with Crippen molar-refractivity contribution in [2.45, 2.75) is 6.92 Å². The maximum absolute atomic E-state index is 2.29. The second kappa shape index (κ2) is 20.1. The first kappa shape index (κ1) is 34.9. The summed E-state index contributed by atoms with van der Waals surface area (Å²) in [4.78, 5) is 4.54. The molecule has 0 N–H and O–H groups in total. The van der Waals surface area contributed by atoms with E-state index in [1.54, 1.807) is 0 Å². The van der Waals surface area contributed by atoms with Crippen LogP contribution in [0.5, 0.6) is 0 Å². The lowest BCUT2D eigenvalue weighted by atomic mass is 10.1. The molecule has 0 spiro atoms. The third-order valence-electron chi connectivity index (χ3n) is 7.82. The van der Waals surface area contributed by atoms with E-state index in [4.69, 9.17) is 0 Å². The van der Waals surface area contributed by atoms with Crippen LogP contribution in [-0.2, 0) is 0 Å². The van der Waals surface area contributed by atoms with Crippen molar-refractivity contribution in [1.29, 1.82) is 0 Å². The lowest BCUT2D eigenvalue weighted by molar-refractivity contribution is 1.02. The number of benzene rings is 8. The van der Waals surface area contributed by atoms with E-state index < -0.39 is 0 Å². The molecule has 0 saturated heterocycles. The maximum atomic E-state index is 2.29. The van der Waals surface area contributed by atoms with Gasteiger partial charge in [0.1, 0.15) is 0 Å². The van der Waals surface area contributed by atoms with Gasteiger partial charge in [-0.1, -0.05) is 176 Å². The van der Waals surface area contributed by atoms with Gasteiger partial charge in [0.25, 0.3) is 0 Å². The van der Waals surface area contributed by atoms with Crippen LogP contribution in [0.4, 0.5) is 28.4 Å². The van der Waals surface area contributed by atoms with Crippen LogP contribution >= 0.6 is 0 Å². The summed E-state index contributed by atoms with van der Waals surface area (Å²) in [6.45, 7) is 3.15. The highest BCUT2D eigenvalue weighted by molar-refractivity contribution is 5.82. The lowest BCUT2D eigenvalue weighted by Crippen LogP contribution is -2.15. The van der Waals surface area contributed by atoms with Crippen molar-refractivity contribution in [2.75, 3.05) is 16.3 Å². The Kier molecular flexibility index (Phi) is 14.0. The lowest BCUT2D eigenvalue weighted by Gasteiger charge is -2.25. The predicted molar refractivity (Wildman–Crippen MR) is 217 cm³/mol. The first-order valence-electron chi connectivity index (χ1n) is 17.1. The fraction of sp³-hybridized carbons (Fsp3) is 0.0417. The van der Waals surface area contributed by atoms with Crippen molar-refractivity contribution in [3.63, 3.8) is 0 Å². The molecule has 50 heavy (non-hydrogen) atoms. The van der Waals surface area contributed by atoms with Crippen LogP contribution in [0.25, 0.3) is 10.8 Å². The van der Waals surface area contributed by atoms with E-state index >= 15 is 0 Å². The zero-order valence-corrected chi connectivity index (χ0v) is 28.6. The van der Waals surface area contributed by atoms with Gasteiger partial charge in [0.2, 0.25) is 0 Å². The molecule has 0 unspecified atom stereocenters. The van der Waals surface area contributed by atoms with Crippen molar-refractivity contribution in [2.24, 2.45) is 0 Å². The molecule has 0 atom stereocenters. The molecule has 0 radical (unpaired) electrons. The Hall–Kier alpha value is -6.38. The van der Waals surface area contributed by atoms with Crippen LogP contribution < -0.4 is 9.80 Å². The molecule has 0 saturated carbocycles. The molecule has 0 bridgehead atoms. The molecule has 0 amide bonds. The Morgan fingerprint density at radius 3 is 0.700 bits per heavy atom. The van der Waals surface area contributed by atoms with E-state index in [1.807, 2.05) is 66.7 Å². The minimum absolute atomic E-state index is 0.980. The van der Waals surface area contributed by atoms with E-state index in [1.165, 1.54) is 39.2 Å². The first-order valence-corrected chi connectivity index (χ1v) is 17.1. The van der Waals surface area contributed by atoms with Crippen LogP contribution in [0, 0.1) is 0 Å². The van der Waals surface area contributed by atoms with Gasteiger partial charge in [-0.3, -0.25) is 0 Å². The number of hydrogen-bond donors (Lipinski definition) is 0. The minimum Gasteiger partial charge on any atom is -0.342 e. The topological polar surface area (TPSA) is 6.48 Å². The number of anilines is 5. The van der Waals surface area contributed by atoms with Gasteiger partial charge in [-0.25, -0.2) is 0 Å².